The molecule has 0 bridgehead atoms. The molecule has 0 aliphatic heterocycles. The van der Waals surface area contributed by atoms with Crippen molar-refractivity contribution in [2.45, 2.75) is 6.18 Å². The Balaban J connectivity index is 2.75. The standard InChI is InChI=1S/C16H14F3NO4/c1-20-7-10(4-12(15(20)22)16(17,18)19)9-5-13(23-2)11(8-21)14(6-9)24-3/h4-8H,1-3H3. The van der Waals surface area contributed by atoms with E-state index in [1.807, 2.05) is 0 Å². The van der Waals surface area contributed by atoms with Gasteiger partial charge >= 0.3 is 6.18 Å². The molecule has 8 heteroatoms. The summed E-state index contributed by atoms with van der Waals surface area (Å²) in [5.41, 5.74) is -1.83. The molecule has 0 N–H and O–H groups in total. The van der Waals surface area contributed by atoms with E-state index in [1.165, 1.54) is 39.6 Å². The first kappa shape index (κ1) is 17.6. The van der Waals surface area contributed by atoms with Crippen molar-refractivity contribution in [2.24, 2.45) is 7.05 Å². The number of methoxy groups -OCH3 is 2. The first-order chi connectivity index (χ1) is 11.2. The average Bonchev–Trinajstić information content (AvgIpc) is 2.54. The number of rotatable bonds is 4. The smallest absolute Gasteiger partial charge is 0.421 e. The molecule has 0 radical (unpaired) electrons. The van der Waals surface area contributed by atoms with Crippen molar-refractivity contribution in [1.29, 1.82) is 0 Å². The van der Waals surface area contributed by atoms with Crippen LogP contribution in [0.4, 0.5) is 13.2 Å². The molecule has 128 valence electrons. The number of hydrogen-bond acceptors (Lipinski definition) is 4. The number of pyridine rings is 1. The van der Waals surface area contributed by atoms with Crippen LogP contribution in [0.2, 0.25) is 0 Å². The summed E-state index contributed by atoms with van der Waals surface area (Å²) in [4.78, 5) is 22.8. The van der Waals surface area contributed by atoms with E-state index in [9.17, 15) is 22.8 Å². The van der Waals surface area contributed by atoms with Gasteiger partial charge in [0.2, 0.25) is 0 Å². The number of nitrogens with zero attached hydrogens (tertiary/aromatic N) is 1. The molecule has 0 saturated heterocycles. The van der Waals surface area contributed by atoms with Gasteiger partial charge in [0, 0.05) is 13.2 Å². The molecule has 1 aromatic heterocycles. The van der Waals surface area contributed by atoms with Gasteiger partial charge in [-0.1, -0.05) is 0 Å². The lowest BCUT2D eigenvalue weighted by atomic mass is 10.0. The highest BCUT2D eigenvalue weighted by atomic mass is 19.4. The van der Waals surface area contributed by atoms with Gasteiger partial charge in [0.05, 0.1) is 19.8 Å². The Morgan fingerprint density at radius 2 is 1.58 bits per heavy atom. The van der Waals surface area contributed by atoms with Crippen molar-refractivity contribution in [3.8, 4) is 22.6 Å². The molecule has 5 nitrogen and oxygen atoms in total. The lowest BCUT2D eigenvalue weighted by Gasteiger charge is -2.14. The summed E-state index contributed by atoms with van der Waals surface area (Å²) in [7, 11) is 3.89. The van der Waals surface area contributed by atoms with Crippen molar-refractivity contribution in [3.05, 3.63) is 45.9 Å². The van der Waals surface area contributed by atoms with E-state index < -0.39 is 17.3 Å². The molecule has 0 saturated carbocycles. The zero-order valence-electron chi connectivity index (χ0n) is 13.1. The van der Waals surface area contributed by atoms with Gasteiger partial charge in [0.1, 0.15) is 17.1 Å². The first-order valence-electron chi connectivity index (χ1n) is 6.72. The van der Waals surface area contributed by atoms with Crippen LogP contribution in [0.25, 0.3) is 11.1 Å². The largest absolute Gasteiger partial charge is 0.496 e. The molecule has 0 aliphatic carbocycles. The van der Waals surface area contributed by atoms with Gasteiger partial charge < -0.3 is 14.0 Å². The minimum absolute atomic E-state index is 0.137. The van der Waals surface area contributed by atoms with Crippen LogP contribution in [0, 0.1) is 0 Å². The highest BCUT2D eigenvalue weighted by molar-refractivity contribution is 5.86. The number of aromatic nitrogens is 1. The van der Waals surface area contributed by atoms with Crippen LogP contribution in [0.15, 0.2) is 29.2 Å². The molecule has 0 aliphatic rings. The van der Waals surface area contributed by atoms with E-state index >= 15 is 0 Å². The van der Waals surface area contributed by atoms with Crippen LogP contribution in [0.5, 0.6) is 11.5 Å². The fraction of sp³-hybridized carbons (Fsp3) is 0.250. The van der Waals surface area contributed by atoms with Crippen molar-refractivity contribution < 1.29 is 27.4 Å². The molecular formula is C16H14F3NO4. The predicted molar refractivity (Wildman–Crippen MR) is 80.6 cm³/mol. The van der Waals surface area contributed by atoms with Gasteiger partial charge in [0.15, 0.2) is 6.29 Å². The number of aldehydes is 1. The quantitative estimate of drug-likeness (QED) is 0.803. The minimum atomic E-state index is -4.78. The molecular weight excluding hydrogens is 327 g/mol. The summed E-state index contributed by atoms with van der Waals surface area (Å²) in [5.74, 6) is 0.309. The number of aryl methyl sites for hydroxylation is 1. The monoisotopic (exact) mass is 341 g/mol. The maximum Gasteiger partial charge on any atom is 0.421 e. The second kappa shape index (κ2) is 6.38. The number of halogens is 3. The third kappa shape index (κ3) is 3.12. The highest BCUT2D eigenvalue weighted by Crippen LogP contribution is 2.35. The number of carbonyl (C=O) groups is 1. The van der Waals surface area contributed by atoms with E-state index in [2.05, 4.69) is 0 Å². The van der Waals surface area contributed by atoms with Gasteiger partial charge in [0.25, 0.3) is 5.56 Å². The van der Waals surface area contributed by atoms with Crippen LogP contribution < -0.4 is 15.0 Å². The Morgan fingerprint density at radius 3 is 2.00 bits per heavy atom. The molecule has 1 aromatic carbocycles. The molecule has 2 aromatic rings. The lowest BCUT2D eigenvalue weighted by molar-refractivity contribution is -0.138. The van der Waals surface area contributed by atoms with Crippen LogP contribution in [0.1, 0.15) is 15.9 Å². The summed E-state index contributed by atoms with van der Waals surface area (Å²) in [6, 6.07) is 3.58. The van der Waals surface area contributed by atoms with Crippen molar-refractivity contribution in [1.82, 2.24) is 4.57 Å². The molecule has 24 heavy (non-hydrogen) atoms. The Bertz CT molecular complexity index is 815. The van der Waals surface area contributed by atoms with Crippen LogP contribution in [-0.4, -0.2) is 25.1 Å². The molecule has 0 amide bonds. The second-order valence-electron chi connectivity index (χ2n) is 4.97. The maximum absolute atomic E-state index is 13.0. The molecule has 0 unspecified atom stereocenters. The van der Waals surface area contributed by atoms with Crippen LogP contribution in [0.3, 0.4) is 0 Å². The van der Waals surface area contributed by atoms with E-state index in [1.54, 1.807) is 0 Å². The Kier molecular flexibility index (Phi) is 4.68. The number of carbonyl (C=O) groups excluding carboxylic acids is 1. The second-order valence-corrected chi connectivity index (χ2v) is 4.97. The normalized spacial score (nSPS) is 11.2. The SMILES string of the molecule is COc1cc(-c2cc(C(F)(F)F)c(=O)n(C)c2)cc(OC)c1C=O. The summed E-state index contributed by atoms with van der Waals surface area (Å²) < 4.78 is 50.1. The van der Waals surface area contributed by atoms with E-state index in [0.29, 0.717) is 11.8 Å². The summed E-state index contributed by atoms with van der Waals surface area (Å²) in [6.07, 6.45) is -2.97. The van der Waals surface area contributed by atoms with Crippen LogP contribution in [-0.2, 0) is 13.2 Å². The fourth-order valence-corrected chi connectivity index (χ4v) is 2.29. The number of benzene rings is 1. The fourth-order valence-electron chi connectivity index (χ4n) is 2.29. The minimum Gasteiger partial charge on any atom is -0.496 e. The lowest BCUT2D eigenvalue weighted by Crippen LogP contribution is -2.26. The van der Waals surface area contributed by atoms with Gasteiger partial charge in [-0.15, -0.1) is 0 Å². The topological polar surface area (TPSA) is 57.5 Å². The maximum atomic E-state index is 13.0. The Morgan fingerprint density at radius 1 is 1.04 bits per heavy atom. The number of ether oxygens (including phenoxy) is 2. The highest BCUT2D eigenvalue weighted by Gasteiger charge is 2.35. The van der Waals surface area contributed by atoms with Crippen molar-refractivity contribution in [3.63, 3.8) is 0 Å². The zero-order valence-corrected chi connectivity index (χ0v) is 13.1. The van der Waals surface area contributed by atoms with Crippen molar-refractivity contribution in [2.75, 3.05) is 14.2 Å². The summed E-state index contributed by atoms with van der Waals surface area (Å²) in [6.45, 7) is 0. The average molecular weight is 341 g/mol. The van der Waals surface area contributed by atoms with Gasteiger partial charge in [-0.05, 0) is 29.3 Å². The van der Waals surface area contributed by atoms with Crippen molar-refractivity contribution >= 4 is 6.29 Å². The Labute approximate surface area is 135 Å². The first-order valence-corrected chi connectivity index (χ1v) is 6.72. The van der Waals surface area contributed by atoms with E-state index in [-0.39, 0.29) is 22.6 Å². The third-order valence-electron chi connectivity index (χ3n) is 3.48. The van der Waals surface area contributed by atoms with Gasteiger partial charge in [-0.2, -0.15) is 13.2 Å². The summed E-state index contributed by atoms with van der Waals surface area (Å²) >= 11 is 0. The Hall–Kier alpha value is -2.77. The molecule has 2 rings (SSSR count). The van der Waals surface area contributed by atoms with Gasteiger partial charge in [-0.25, -0.2) is 0 Å². The molecule has 0 spiro atoms. The molecule has 0 fully saturated rings. The number of hydrogen-bond donors (Lipinski definition) is 0. The summed E-state index contributed by atoms with van der Waals surface area (Å²) in [5, 5.41) is 0. The number of alkyl halides is 3. The molecule has 0 atom stereocenters. The predicted octanol–water partition coefficient (Wildman–Crippen LogP) is 2.90. The molecule has 1 heterocycles. The van der Waals surface area contributed by atoms with Crippen LogP contribution >= 0.6 is 0 Å². The third-order valence-corrected chi connectivity index (χ3v) is 3.48. The van der Waals surface area contributed by atoms with E-state index in [0.717, 1.165) is 10.6 Å². The van der Waals surface area contributed by atoms with E-state index in [4.69, 9.17) is 9.47 Å². The zero-order chi connectivity index (χ0) is 18.1. The van der Waals surface area contributed by atoms with Gasteiger partial charge in [-0.3, -0.25) is 9.59 Å².